The number of amides is 2. The summed E-state index contributed by atoms with van der Waals surface area (Å²) in [6.45, 7) is 0.416. The molecule has 1 unspecified atom stereocenters. The molecular weight excluding hydrogens is 494 g/mol. The van der Waals surface area contributed by atoms with Gasteiger partial charge in [0.05, 0.1) is 6.61 Å². The fourth-order valence-corrected chi connectivity index (χ4v) is 6.24. The van der Waals surface area contributed by atoms with Crippen LogP contribution in [-0.2, 0) is 31.0 Å². The number of fused-ring (bicyclic) bond motifs is 1. The number of ether oxygens (including phenoxy) is 1. The number of carboxylic acid groups (broad SMARTS) is 1. The van der Waals surface area contributed by atoms with Crippen LogP contribution in [0, 0.1) is 0 Å². The Morgan fingerprint density at radius 3 is 2.94 bits per heavy atom. The molecule has 2 amide bonds. The van der Waals surface area contributed by atoms with Crippen molar-refractivity contribution in [2.75, 3.05) is 31.0 Å². The van der Waals surface area contributed by atoms with Crippen LogP contribution in [0.4, 0.5) is 0 Å². The van der Waals surface area contributed by atoms with Crippen LogP contribution in [-0.4, -0.2) is 96.1 Å². The van der Waals surface area contributed by atoms with Crippen LogP contribution in [0.1, 0.15) is 0 Å². The highest BCUT2D eigenvalue weighted by atomic mass is 32.2. The molecule has 3 aliphatic rings. The van der Waals surface area contributed by atoms with Gasteiger partial charge in [-0.1, -0.05) is 16.9 Å². The van der Waals surface area contributed by atoms with Gasteiger partial charge in [-0.15, -0.1) is 28.6 Å². The molecule has 1 saturated heterocycles. The Hall–Kier alpha value is -2.72. The van der Waals surface area contributed by atoms with Crippen molar-refractivity contribution in [1.82, 2.24) is 30.4 Å². The summed E-state index contributed by atoms with van der Waals surface area (Å²) in [4.78, 5) is 43.7. The van der Waals surface area contributed by atoms with Gasteiger partial charge in [-0.05, 0) is 16.0 Å². The first-order chi connectivity index (χ1) is 15.9. The third-order valence-corrected chi connectivity index (χ3v) is 7.99. The van der Waals surface area contributed by atoms with E-state index >= 15 is 0 Å². The normalized spacial score (nSPS) is 22.7. The minimum atomic E-state index is -1.20. The molecule has 0 aromatic carbocycles. The number of aromatic nitrogens is 4. The number of nitrogens with one attached hydrogen (secondary N) is 1. The van der Waals surface area contributed by atoms with Gasteiger partial charge in [0.1, 0.15) is 24.2 Å². The van der Waals surface area contributed by atoms with E-state index in [9.17, 15) is 19.5 Å². The minimum absolute atomic E-state index is 0.0719. The Bertz CT molecular complexity index is 1070. The van der Waals surface area contributed by atoms with Crippen LogP contribution in [0.5, 0.6) is 0 Å². The van der Waals surface area contributed by atoms with E-state index in [-0.39, 0.29) is 17.2 Å². The number of nitrogens with zero attached hydrogens (tertiary/aromatic N) is 6. The maximum Gasteiger partial charge on any atom is 0.352 e. The fourth-order valence-electron chi connectivity index (χ4n) is 3.28. The lowest BCUT2D eigenvalue weighted by molar-refractivity contribution is -0.150. The molecule has 16 heteroatoms. The summed E-state index contributed by atoms with van der Waals surface area (Å²) >= 11 is 4.12. The predicted molar refractivity (Wildman–Crippen MR) is 120 cm³/mol. The zero-order chi connectivity index (χ0) is 23.5. The number of hydrogen-bond donors (Lipinski definition) is 2. The van der Waals surface area contributed by atoms with Crippen LogP contribution in [0.2, 0.25) is 0 Å². The van der Waals surface area contributed by atoms with E-state index in [0.717, 1.165) is 5.75 Å². The summed E-state index contributed by atoms with van der Waals surface area (Å²) in [5.41, 5.74) is 0.423. The zero-order valence-corrected chi connectivity index (χ0v) is 19.9. The van der Waals surface area contributed by atoms with Crippen molar-refractivity contribution in [3.05, 3.63) is 22.4 Å². The van der Waals surface area contributed by atoms with E-state index in [1.807, 2.05) is 0 Å². The summed E-state index contributed by atoms with van der Waals surface area (Å²) < 4.78 is 6.95. The SMILES string of the molecule is CON=C(C(=O)NC1C(=O)N2C(C(=O)O)=C(CSc3nnnn3C)CS[C@H]12)C1=CSCCO1. The molecule has 4 rings (SSSR count). The van der Waals surface area contributed by atoms with E-state index in [1.165, 1.54) is 52.0 Å². The van der Waals surface area contributed by atoms with Gasteiger partial charge < -0.3 is 20.0 Å². The highest BCUT2D eigenvalue weighted by Gasteiger charge is 2.54. The standard InChI is InChI=1S/C17H19N7O6S3/c1-23-17(19-21-22-23)33-6-8-5-32-15-11(14(26)24(15)12(8)16(27)28)18-13(25)10(20-29-2)9-7-31-4-3-30-9/h7,11,15H,3-6H2,1-2H3,(H,18,25)(H,27,28)/t11?,15-/m1/s1. The van der Waals surface area contributed by atoms with E-state index in [4.69, 9.17) is 9.57 Å². The summed E-state index contributed by atoms with van der Waals surface area (Å²) in [6.07, 6.45) is 0. The average Bonchev–Trinajstić information content (AvgIpc) is 3.23. The number of thioether (sulfide) groups is 3. The van der Waals surface area contributed by atoms with E-state index in [0.29, 0.717) is 28.8 Å². The van der Waals surface area contributed by atoms with Crippen LogP contribution < -0.4 is 5.32 Å². The number of oxime groups is 1. The quantitative estimate of drug-likeness (QED) is 0.201. The van der Waals surface area contributed by atoms with Gasteiger partial charge in [-0.2, -0.15) is 0 Å². The van der Waals surface area contributed by atoms with Gasteiger partial charge in [-0.25, -0.2) is 9.48 Å². The molecule has 0 spiro atoms. The number of carboxylic acids is 1. The molecule has 4 heterocycles. The second-order valence-corrected chi connectivity index (χ2v) is 9.84. The summed E-state index contributed by atoms with van der Waals surface area (Å²) in [5.74, 6) is -0.655. The van der Waals surface area contributed by atoms with Gasteiger partial charge in [0.15, 0.2) is 5.76 Å². The van der Waals surface area contributed by atoms with E-state index < -0.39 is 29.2 Å². The van der Waals surface area contributed by atoms with E-state index in [2.05, 4.69) is 26.0 Å². The second-order valence-electron chi connectivity index (χ2n) is 6.82. The van der Waals surface area contributed by atoms with Crippen LogP contribution in [0.25, 0.3) is 0 Å². The van der Waals surface area contributed by atoms with Crippen molar-refractivity contribution in [1.29, 1.82) is 0 Å². The topological polar surface area (TPSA) is 161 Å². The number of tetrazole rings is 1. The Morgan fingerprint density at radius 2 is 2.30 bits per heavy atom. The lowest BCUT2D eigenvalue weighted by atomic mass is 10.0. The minimum Gasteiger partial charge on any atom is -0.490 e. The smallest absolute Gasteiger partial charge is 0.352 e. The van der Waals surface area contributed by atoms with Crippen LogP contribution in [0.3, 0.4) is 0 Å². The van der Waals surface area contributed by atoms with Crippen molar-refractivity contribution >= 4 is 58.8 Å². The molecule has 0 aliphatic carbocycles. The van der Waals surface area contributed by atoms with Crippen molar-refractivity contribution < 1.29 is 29.1 Å². The first kappa shape index (κ1) is 23.4. The molecule has 176 valence electrons. The molecule has 13 nitrogen and oxygen atoms in total. The molecule has 1 fully saturated rings. The molecular formula is C17H19N7O6S3. The molecule has 2 N–H and O–H groups in total. The number of carbonyl (C=O) groups excluding carboxylic acids is 2. The first-order valence-electron chi connectivity index (χ1n) is 9.54. The highest BCUT2D eigenvalue weighted by Crippen LogP contribution is 2.41. The highest BCUT2D eigenvalue weighted by molar-refractivity contribution is 8.02. The monoisotopic (exact) mass is 513 g/mol. The molecule has 33 heavy (non-hydrogen) atoms. The molecule has 2 atom stereocenters. The van der Waals surface area contributed by atoms with Crippen LogP contribution in [0.15, 0.2) is 32.7 Å². The maximum absolute atomic E-state index is 12.9. The Labute approximate surface area is 200 Å². The van der Waals surface area contributed by atoms with Crippen molar-refractivity contribution in [3.63, 3.8) is 0 Å². The summed E-state index contributed by atoms with van der Waals surface area (Å²) in [6, 6.07) is -0.895. The lowest BCUT2D eigenvalue weighted by Gasteiger charge is -2.49. The van der Waals surface area contributed by atoms with Gasteiger partial charge >= 0.3 is 5.97 Å². The number of hydrogen-bond acceptors (Lipinski definition) is 12. The fraction of sp³-hybridized carbons (Fsp3) is 0.471. The predicted octanol–water partition coefficient (Wildman–Crippen LogP) is -0.352. The largest absolute Gasteiger partial charge is 0.490 e. The van der Waals surface area contributed by atoms with Gasteiger partial charge in [0.25, 0.3) is 11.8 Å². The van der Waals surface area contributed by atoms with Crippen molar-refractivity contribution in [2.45, 2.75) is 16.6 Å². The number of carbonyl (C=O) groups is 3. The Morgan fingerprint density at radius 1 is 1.48 bits per heavy atom. The van der Waals surface area contributed by atoms with Gasteiger partial charge in [0, 0.05) is 29.7 Å². The van der Waals surface area contributed by atoms with Crippen molar-refractivity contribution in [3.8, 4) is 0 Å². The zero-order valence-electron chi connectivity index (χ0n) is 17.5. The summed E-state index contributed by atoms with van der Waals surface area (Å²) in [5, 5.41) is 29.0. The number of β-lactam (4-membered cyclic amide) rings is 1. The molecule has 1 aromatic rings. The van der Waals surface area contributed by atoms with Crippen LogP contribution >= 0.6 is 35.3 Å². The molecule has 3 aliphatic heterocycles. The average molecular weight is 514 g/mol. The number of aliphatic carboxylic acids is 1. The Balaban J connectivity index is 1.48. The molecule has 0 saturated carbocycles. The third-order valence-electron chi connectivity index (χ3n) is 4.77. The number of rotatable bonds is 8. The molecule has 0 bridgehead atoms. The van der Waals surface area contributed by atoms with Gasteiger partial charge in [-0.3, -0.25) is 14.5 Å². The molecule has 0 radical (unpaired) electrons. The Kier molecular flexibility index (Phi) is 7.14. The first-order valence-corrected chi connectivity index (χ1v) is 12.6. The maximum atomic E-state index is 12.9. The summed E-state index contributed by atoms with van der Waals surface area (Å²) in [7, 11) is 2.98. The van der Waals surface area contributed by atoms with Crippen molar-refractivity contribution in [2.24, 2.45) is 12.2 Å². The molecule has 1 aromatic heterocycles. The number of aryl methyl sites for hydroxylation is 1. The third kappa shape index (κ3) is 4.67. The van der Waals surface area contributed by atoms with E-state index in [1.54, 1.807) is 12.5 Å². The lowest BCUT2D eigenvalue weighted by Crippen LogP contribution is -2.71. The second kappa shape index (κ2) is 10.0. The van der Waals surface area contributed by atoms with Gasteiger partial charge in [0.2, 0.25) is 10.9 Å².